The van der Waals surface area contributed by atoms with Crippen LogP contribution in [0, 0.1) is 0 Å². The van der Waals surface area contributed by atoms with Crippen LogP contribution >= 0.6 is 0 Å². The van der Waals surface area contributed by atoms with E-state index in [0.717, 1.165) is 0 Å². The summed E-state index contributed by atoms with van der Waals surface area (Å²) in [5.41, 5.74) is -1.62. The molecule has 0 bridgehead atoms. The van der Waals surface area contributed by atoms with Gasteiger partial charge in [0.2, 0.25) is 0 Å². The maximum absolute atomic E-state index is 12.0. The van der Waals surface area contributed by atoms with Crippen molar-refractivity contribution in [2.45, 2.75) is 19.3 Å². The summed E-state index contributed by atoms with van der Waals surface area (Å²) in [5, 5.41) is 38.4. The first-order chi connectivity index (χ1) is 19.4. The molecule has 0 aliphatic rings. The quantitative estimate of drug-likeness (QED) is 0.172. The summed E-state index contributed by atoms with van der Waals surface area (Å²) in [5.74, 6) is -5.60. The van der Waals surface area contributed by atoms with E-state index < -0.39 is 51.5 Å². The highest BCUT2D eigenvalue weighted by Crippen LogP contribution is 2.44. The first-order valence-electron chi connectivity index (χ1n) is 12.2. The number of carboxylic acids is 4. The van der Waals surface area contributed by atoms with E-state index in [4.69, 9.17) is 9.47 Å². The molecule has 0 aliphatic heterocycles. The van der Waals surface area contributed by atoms with Gasteiger partial charge in [0.05, 0.1) is 11.1 Å². The van der Waals surface area contributed by atoms with Gasteiger partial charge < -0.3 is 29.9 Å². The molecule has 0 unspecified atom stereocenters. The molecule has 4 aromatic rings. The second-order valence-electron chi connectivity index (χ2n) is 9.40. The molecular weight excluding hydrogens is 532 g/mol. The van der Waals surface area contributed by atoms with Crippen molar-refractivity contribution in [3.05, 3.63) is 118 Å². The van der Waals surface area contributed by atoms with Crippen LogP contribution in [0.2, 0.25) is 0 Å². The Balaban J connectivity index is 1.81. The molecule has 4 rings (SSSR count). The van der Waals surface area contributed by atoms with Gasteiger partial charge >= 0.3 is 23.9 Å². The summed E-state index contributed by atoms with van der Waals surface area (Å²) < 4.78 is 12.0. The zero-order chi connectivity index (χ0) is 29.9. The predicted octanol–water partition coefficient (Wildman–Crippen LogP) is 6.39. The summed E-state index contributed by atoms with van der Waals surface area (Å²) >= 11 is 0. The van der Waals surface area contributed by atoms with Crippen LogP contribution in [0.4, 0.5) is 0 Å². The Morgan fingerprint density at radius 1 is 0.488 bits per heavy atom. The number of aromatic carboxylic acids is 4. The summed E-state index contributed by atoms with van der Waals surface area (Å²) in [4.78, 5) is 47.2. The molecule has 0 spiro atoms. The lowest BCUT2D eigenvalue weighted by Gasteiger charge is -2.30. The van der Waals surface area contributed by atoms with Gasteiger partial charge in [0.25, 0.3) is 0 Å². The average molecular weight is 557 g/mol. The average Bonchev–Trinajstić information content (AvgIpc) is 2.93. The predicted molar refractivity (Wildman–Crippen MR) is 146 cm³/mol. The van der Waals surface area contributed by atoms with Crippen LogP contribution in [-0.2, 0) is 5.41 Å². The lowest BCUT2D eigenvalue weighted by atomic mass is 9.77. The smallest absolute Gasteiger partial charge is 0.340 e. The van der Waals surface area contributed by atoms with Crippen LogP contribution in [0.3, 0.4) is 0 Å². The maximum atomic E-state index is 12.0. The number of carbonyl (C=O) groups is 4. The molecular formula is C31H24O10. The fraction of sp³-hybridized carbons (Fsp3) is 0.0968. The molecule has 0 radical (unpaired) electrons. The van der Waals surface area contributed by atoms with Crippen molar-refractivity contribution in [1.29, 1.82) is 0 Å². The zero-order valence-electron chi connectivity index (χ0n) is 21.8. The van der Waals surface area contributed by atoms with Crippen molar-refractivity contribution in [3.63, 3.8) is 0 Å². The maximum Gasteiger partial charge on any atom is 0.340 e. The Hall–Kier alpha value is -5.64. The first kappa shape index (κ1) is 28.4. The van der Waals surface area contributed by atoms with Crippen molar-refractivity contribution in [2.75, 3.05) is 0 Å². The number of carboxylic acid groups (broad SMARTS) is 4. The van der Waals surface area contributed by atoms with Crippen LogP contribution in [0.15, 0.2) is 84.9 Å². The number of hydrogen-bond donors (Lipinski definition) is 4. The van der Waals surface area contributed by atoms with Gasteiger partial charge in [-0.15, -0.1) is 0 Å². The lowest BCUT2D eigenvalue weighted by Crippen LogP contribution is -2.21. The molecule has 4 aromatic carbocycles. The van der Waals surface area contributed by atoms with E-state index in [1.54, 1.807) is 48.5 Å². The van der Waals surface area contributed by atoms with Crippen LogP contribution < -0.4 is 9.47 Å². The van der Waals surface area contributed by atoms with E-state index in [9.17, 15) is 39.6 Å². The summed E-state index contributed by atoms with van der Waals surface area (Å²) in [6.45, 7) is 3.68. The van der Waals surface area contributed by atoms with Gasteiger partial charge in [-0.2, -0.15) is 0 Å². The molecule has 4 N–H and O–H groups in total. The molecule has 208 valence electrons. The van der Waals surface area contributed by atoms with Crippen molar-refractivity contribution >= 4 is 23.9 Å². The minimum Gasteiger partial charge on any atom is -0.478 e. The van der Waals surface area contributed by atoms with E-state index in [1.807, 2.05) is 13.8 Å². The molecule has 0 fully saturated rings. The minimum absolute atomic E-state index is 0.165. The van der Waals surface area contributed by atoms with Gasteiger partial charge in [0, 0.05) is 16.5 Å². The minimum atomic E-state index is -1.47. The fourth-order valence-electron chi connectivity index (χ4n) is 4.56. The highest BCUT2D eigenvalue weighted by molar-refractivity contribution is 6.04. The van der Waals surface area contributed by atoms with E-state index in [0.29, 0.717) is 11.1 Å². The second-order valence-corrected chi connectivity index (χ2v) is 9.40. The van der Waals surface area contributed by atoms with Crippen LogP contribution in [0.25, 0.3) is 0 Å². The summed E-state index contributed by atoms with van der Waals surface area (Å²) in [6, 6.07) is 21.4. The molecule has 0 saturated carbocycles. The molecule has 0 atom stereocenters. The third-order valence-electron chi connectivity index (χ3n) is 6.50. The molecule has 10 heteroatoms. The van der Waals surface area contributed by atoms with Crippen molar-refractivity contribution in [1.82, 2.24) is 0 Å². The Morgan fingerprint density at radius 2 is 0.829 bits per heavy atom. The van der Waals surface area contributed by atoms with Crippen LogP contribution in [-0.4, -0.2) is 44.3 Å². The Bertz CT molecular complexity index is 1560. The summed E-state index contributed by atoms with van der Waals surface area (Å²) in [6.07, 6.45) is 0. The highest BCUT2D eigenvalue weighted by atomic mass is 16.5. The van der Waals surface area contributed by atoms with Crippen molar-refractivity contribution < 1.29 is 49.1 Å². The molecule has 0 amide bonds. The third kappa shape index (κ3) is 5.57. The number of hydrogen-bond acceptors (Lipinski definition) is 6. The fourth-order valence-corrected chi connectivity index (χ4v) is 4.56. The monoisotopic (exact) mass is 556 g/mol. The molecule has 0 saturated heterocycles. The van der Waals surface area contributed by atoms with Crippen LogP contribution in [0.5, 0.6) is 23.0 Å². The van der Waals surface area contributed by atoms with E-state index in [2.05, 4.69) is 0 Å². The largest absolute Gasteiger partial charge is 0.478 e. The van der Waals surface area contributed by atoms with E-state index in [-0.39, 0.29) is 23.0 Å². The molecule has 0 aliphatic carbocycles. The molecule has 0 heterocycles. The second kappa shape index (κ2) is 11.2. The van der Waals surface area contributed by atoms with Gasteiger partial charge in [-0.3, -0.25) is 0 Å². The first-order valence-corrected chi connectivity index (χ1v) is 12.2. The molecule has 41 heavy (non-hydrogen) atoms. The van der Waals surface area contributed by atoms with Crippen molar-refractivity contribution in [2.24, 2.45) is 0 Å². The third-order valence-corrected chi connectivity index (χ3v) is 6.50. The summed E-state index contributed by atoms with van der Waals surface area (Å²) in [7, 11) is 0. The van der Waals surface area contributed by atoms with Crippen molar-refractivity contribution in [3.8, 4) is 23.0 Å². The highest BCUT2D eigenvalue weighted by Gasteiger charge is 2.32. The normalized spacial score (nSPS) is 11.0. The molecule has 0 aromatic heterocycles. The van der Waals surface area contributed by atoms with Gasteiger partial charge in [0.15, 0.2) is 0 Å². The van der Waals surface area contributed by atoms with Gasteiger partial charge in [-0.25, -0.2) is 19.2 Å². The number of rotatable bonds is 10. The van der Waals surface area contributed by atoms with Crippen LogP contribution in [0.1, 0.15) is 66.4 Å². The number of ether oxygens (including phenoxy) is 2. The van der Waals surface area contributed by atoms with Gasteiger partial charge in [0.1, 0.15) is 34.1 Å². The topological polar surface area (TPSA) is 168 Å². The van der Waals surface area contributed by atoms with E-state index in [1.165, 1.54) is 36.4 Å². The lowest BCUT2D eigenvalue weighted by molar-refractivity contribution is 0.0649. The van der Waals surface area contributed by atoms with Gasteiger partial charge in [-0.05, 0) is 36.4 Å². The Kier molecular flexibility index (Phi) is 7.77. The Labute approximate surface area is 233 Å². The standard InChI is InChI=1S/C31H24O10/c1-31(2,19-11-3-5-13-21(19)40-23-15-7-9-17(27(32)33)25(23)29(36)37)20-12-4-6-14-22(20)41-24-16-8-10-18(28(34)35)26(24)30(38)39/h3-16H,1-2H3,(H,32,33)(H,34,35)(H,36,37)(H,38,39). The van der Waals surface area contributed by atoms with Gasteiger partial charge in [-0.1, -0.05) is 62.4 Å². The van der Waals surface area contributed by atoms with E-state index >= 15 is 0 Å². The SMILES string of the molecule is CC(C)(c1ccccc1Oc1cccc(C(=O)O)c1C(=O)O)c1ccccc1Oc1cccc(C(=O)O)c1C(=O)O. The Morgan fingerprint density at radius 3 is 1.17 bits per heavy atom. The zero-order valence-corrected chi connectivity index (χ0v) is 21.8. The number of para-hydroxylation sites is 2. The molecule has 10 nitrogen and oxygen atoms in total. The number of benzene rings is 4.